The highest BCUT2D eigenvalue weighted by molar-refractivity contribution is 6.30. The first-order valence-corrected chi connectivity index (χ1v) is 6.49. The third-order valence-corrected chi connectivity index (χ3v) is 4.12. The van der Waals surface area contributed by atoms with Crippen molar-refractivity contribution in [2.45, 2.75) is 44.4 Å². The van der Waals surface area contributed by atoms with Gasteiger partial charge in [0.25, 0.3) is 0 Å². The number of halogens is 2. The van der Waals surface area contributed by atoms with Crippen molar-refractivity contribution in [2.24, 2.45) is 0 Å². The molecule has 2 rings (SSSR count). The van der Waals surface area contributed by atoms with Crippen LogP contribution < -0.4 is 0 Å². The van der Waals surface area contributed by atoms with Crippen molar-refractivity contribution in [3.8, 4) is 0 Å². The lowest BCUT2D eigenvalue weighted by Crippen LogP contribution is -2.42. The summed E-state index contributed by atoms with van der Waals surface area (Å²) in [6, 6.07) is 3.13. The van der Waals surface area contributed by atoms with Gasteiger partial charge in [0, 0.05) is 0 Å². The maximum Gasteiger partial charge on any atom is 0.314 e. The van der Waals surface area contributed by atoms with Crippen LogP contribution in [-0.2, 0) is 10.2 Å². The maximum atomic E-state index is 13.9. The van der Waals surface area contributed by atoms with Crippen LogP contribution in [0.4, 0.5) is 4.39 Å². The minimum Gasteiger partial charge on any atom is -0.481 e. The minimum atomic E-state index is -0.860. The van der Waals surface area contributed by atoms with Gasteiger partial charge in [-0.2, -0.15) is 0 Å². The second-order valence-corrected chi connectivity index (χ2v) is 5.66. The molecule has 0 aliphatic heterocycles. The molecular formula is C14H16ClFO2. The Labute approximate surface area is 111 Å². The van der Waals surface area contributed by atoms with Gasteiger partial charge in [0.05, 0.1) is 10.4 Å². The monoisotopic (exact) mass is 270 g/mol. The lowest BCUT2D eigenvalue weighted by Gasteiger charge is -2.38. The highest BCUT2D eigenvalue weighted by Gasteiger charge is 2.46. The molecule has 0 unspecified atom stereocenters. The summed E-state index contributed by atoms with van der Waals surface area (Å²) in [4.78, 5) is 11.4. The molecule has 1 aliphatic rings. The van der Waals surface area contributed by atoms with E-state index in [0.29, 0.717) is 24.0 Å². The van der Waals surface area contributed by atoms with Gasteiger partial charge in [-0.05, 0) is 36.0 Å². The normalized spacial score (nSPS) is 17.6. The molecule has 1 saturated carbocycles. The standard InChI is InChI=1S/C14H16ClFO2/c1-8(2)10-6-9(7-11(15)12(10)16)14(13(17)18)4-3-5-14/h6-8H,3-5H2,1-2H3,(H,17,18). The van der Waals surface area contributed by atoms with Crippen LogP contribution in [0.2, 0.25) is 5.02 Å². The van der Waals surface area contributed by atoms with Gasteiger partial charge >= 0.3 is 5.97 Å². The minimum absolute atomic E-state index is 0.0173. The molecule has 98 valence electrons. The van der Waals surface area contributed by atoms with E-state index in [0.717, 1.165) is 6.42 Å². The zero-order valence-corrected chi connectivity index (χ0v) is 11.2. The summed E-state index contributed by atoms with van der Waals surface area (Å²) < 4.78 is 13.9. The number of benzene rings is 1. The summed E-state index contributed by atoms with van der Waals surface area (Å²) in [5.74, 6) is -1.30. The average molecular weight is 271 g/mol. The van der Waals surface area contributed by atoms with Gasteiger partial charge in [0.1, 0.15) is 5.82 Å². The van der Waals surface area contributed by atoms with Gasteiger partial charge in [-0.3, -0.25) is 4.79 Å². The van der Waals surface area contributed by atoms with E-state index in [1.807, 2.05) is 13.8 Å². The molecule has 4 heteroatoms. The molecule has 0 aromatic heterocycles. The van der Waals surface area contributed by atoms with Crippen LogP contribution >= 0.6 is 11.6 Å². The molecular weight excluding hydrogens is 255 g/mol. The van der Waals surface area contributed by atoms with E-state index in [-0.39, 0.29) is 10.9 Å². The molecule has 0 atom stereocenters. The van der Waals surface area contributed by atoms with Crippen molar-refractivity contribution >= 4 is 17.6 Å². The maximum absolute atomic E-state index is 13.9. The lowest BCUT2D eigenvalue weighted by atomic mass is 9.64. The highest BCUT2D eigenvalue weighted by atomic mass is 35.5. The first kappa shape index (κ1) is 13.3. The van der Waals surface area contributed by atoms with Crippen LogP contribution in [-0.4, -0.2) is 11.1 Å². The molecule has 0 saturated heterocycles. The smallest absolute Gasteiger partial charge is 0.314 e. The van der Waals surface area contributed by atoms with Crippen molar-refractivity contribution in [3.05, 3.63) is 34.1 Å². The fourth-order valence-electron chi connectivity index (χ4n) is 2.46. The fraction of sp³-hybridized carbons (Fsp3) is 0.500. The Balaban J connectivity index is 2.55. The zero-order chi connectivity index (χ0) is 13.5. The number of rotatable bonds is 3. The van der Waals surface area contributed by atoms with E-state index in [4.69, 9.17) is 11.6 Å². The second kappa shape index (κ2) is 4.54. The molecule has 0 heterocycles. The summed E-state index contributed by atoms with van der Waals surface area (Å²) in [6.45, 7) is 3.74. The summed E-state index contributed by atoms with van der Waals surface area (Å²) in [5.41, 5.74) is 0.266. The van der Waals surface area contributed by atoms with Gasteiger partial charge < -0.3 is 5.11 Å². The SMILES string of the molecule is CC(C)c1cc(C2(C(=O)O)CCC2)cc(Cl)c1F. The predicted octanol–water partition coefficient (Wildman–Crippen LogP) is 4.11. The number of aliphatic carboxylic acids is 1. The predicted molar refractivity (Wildman–Crippen MR) is 68.7 cm³/mol. The van der Waals surface area contributed by atoms with E-state index in [9.17, 15) is 14.3 Å². The van der Waals surface area contributed by atoms with Crippen LogP contribution in [0.25, 0.3) is 0 Å². The van der Waals surface area contributed by atoms with Gasteiger partial charge in [-0.15, -0.1) is 0 Å². The molecule has 1 aromatic carbocycles. The van der Waals surface area contributed by atoms with E-state index in [1.54, 1.807) is 6.07 Å². The summed E-state index contributed by atoms with van der Waals surface area (Å²) in [7, 11) is 0. The van der Waals surface area contributed by atoms with Gasteiger partial charge in [-0.1, -0.05) is 37.9 Å². The molecule has 0 amide bonds. The molecule has 0 spiro atoms. The summed E-state index contributed by atoms with van der Waals surface area (Å²) >= 11 is 5.89. The second-order valence-electron chi connectivity index (χ2n) is 5.26. The zero-order valence-electron chi connectivity index (χ0n) is 10.5. The lowest BCUT2D eigenvalue weighted by molar-refractivity contribution is -0.147. The largest absolute Gasteiger partial charge is 0.481 e. The van der Waals surface area contributed by atoms with Crippen LogP contribution in [0.3, 0.4) is 0 Å². The van der Waals surface area contributed by atoms with Crippen LogP contribution in [0, 0.1) is 5.82 Å². The molecule has 0 radical (unpaired) electrons. The first-order chi connectivity index (χ1) is 8.38. The van der Waals surface area contributed by atoms with Crippen molar-refractivity contribution in [1.29, 1.82) is 0 Å². The number of hydrogen-bond acceptors (Lipinski definition) is 1. The van der Waals surface area contributed by atoms with E-state index < -0.39 is 17.2 Å². The Morgan fingerprint density at radius 1 is 1.44 bits per heavy atom. The van der Waals surface area contributed by atoms with E-state index >= 15 is 0 Å². The number of carbonyl (C=O) groups is 1. The molecule has 18 heavy (non-hydrogen) atoms. The fourth-order valence-corrected chi connectivity index (χ4v) is 2.69. The average Bonchev–Trinajstić information content (AvgIpc) is 2.20. The first-order valence-electron chi connectivity index (χ1n) is 6.11. The van der Waals surface area contributed by atoms with Crippen LogP contribution in [0.1, 0.15) is 50.2 Å². The molecule has 1 aromatic rings. The van der Waals surface area contributed by atoms with Gasteiger partial charge in [-0.25, -0.2) is 4.39 Å². The molecule has 2 nitrogen and oxygen atoms in total. The number of carboxylic acids is 1. The Hall–Kier alpha value is -1.09. The van der Waals surface area contributed by atoms with E-state index in [2.05, 4.69) is 0 Å². The molecule has 1 fully saturated rings. The third kappa shape index (κ3) is 1.91. The van der Waals surface area contributed by atoms with Crippen LogP contribution in [0.5, 0.6) is 0 Å². The Morgan fingerprint density at radius 3 is 2.44 bits per heavy atom. The van der Waals surface area contributed by atoms with Crippen molar-refractivity contribution in [2.75, 3.05) is 0 Å². The van der Waals surface area contributed by atoms with E-state index in [1.165, 1.54) is 6.07 Å². The van der Waals surface area contributed by atoms with Crippen LogP contribution in [0.15, 0.2) is 12.1 Å². The Morgan fingerprint density at radius 2 is 2.06 bits per heavy atom. The van der Waals surface area contributed by atoms with Crippen molar-refractivity contribution in [1.82, 2.24) is 0 Å². The molecule has 0 bridgehead atoms. The quantitative estimate of drug-likeness (QED) is 0.897. The number of hydrogen-bond donors (Lipinski definition) is 1. The Bertz CT molecular complexity index is 493. The Kier molecular flexibility index (Phi) is 3.37. The van der Waals surface area contributed by atoms with Gasteiger partial charge in [0.2, 0.25) is 0 Å². The number of carboxylic acid groups (broad SMARTS) is 1. The molecule has 1 N–H and O–H groups in total. The highest BCUT2D eigenvalue weighted by Crippen LogP contribution is 2.45. The van der Waals surface area contributed by atoms with Gasteiger partial charge in [0.15, 0.2) is 0 Å². The summed E-state index contributed by atoms with van der Waals surface area (Å²) in [5, 5.41) is 9.41. The third-order valence-electron chi connectivity index (χ3n) is 3.85. The molecule has 1 aliphatic carbocycles. The van der Waals surface area contributed by atoms with Crippen molar-refractivity contribution < 1.29 is 14.3 Å². The summed E-state index contributed by atoms with van der Waals surface area (Å²) in [6.07, 6.45) is 2.09. The topological polar surface area (TPSA) is 37.3 Å². The van der Waals surface area contributed by atoms with Crippen molar-refractivity contribution in [3.63, 3.8) is 0 Å².